The fraction of sp³-hybridized carbons (Fsp3) is 0.429. The Morgan fingerprint density at radius 2 is 1.85 bits per heavy atom. The van der Waals surface area contributed by atoms with Crippen LogP contribution >= 0.6 is 0 Å². The minimum absolute atomic E-state index is 0.114. The number of likely N-dealkylation sites (tertiary alicyclic amines) is 1. The number of hydrogen-bond donors (Lipinski definition) is 1. The predicted octanol–water partition coefficient (Wildman–Crippen LogP) is 2.71. The standard InChI is InChI=1S/C21H24N2O3/c24-13-11-16-8-3-4-12-22(16)19-14-20(25)23(21(19)26)18-10-5-7-15-6-1-2-9-17(15)18/h1-2,5-7,9-10,16,19,24H,3-4,8,11-14H2/t16-,19-/m0/s1. The number of hydrogen-bond acceptors (Lipinski definition) is 4. The molecule has 2 saturated heterocycles. The summed E-state index contributed by atoms with van der Waals surface area (Å²) in [6.07, 6.45) is 4.01. The molecule has 2 aliphatic heterocycles. The summed E-state index contributed by atoms with van der Waals surface area (Å²) in [6, 6.07) is 13.3. The number of carbonyl (C=O) groups is 2. The van der Waals surface area contributed by atoms with E-state index in [9.17, 15) is 14.7 Å². The smallest absolute Gasteiger partial charge is 0.251 e. The van der Waals surface area contributed by atoms with Gasteiger partial charge < -0.3 is 5.11 Å². The quantitative estimate of drug-likeness (QED) is 0.860. The Bertz CT molecular complexity index is 828. The highest BCUT2D eigenvalue weighted by atomic mass is 16.3. The number of aliphatic hydroxyl groups excluding tert-OH is 1. The second-order valence-electron chi connectivity index (χ2n) is 7.19. The van der Waals surface area contributed by atoms with Crippen LogP contribution in [-0.2, 0) is 9.59 Å². The van der Waals surface area contributed by atoms with Crippen LogP contribution in [0.15, 0.2) is 42.5 Å². The van der Waals surface area contributed by atoms with Gasteiger partial charge in [-0.15, -0.1) is 0 Å². The van der Waals surface area contributed by atoms with Gasteiger partial charge in [-0.2, -0.15) is 0 Å². The number of anilines is 1. The van der Waals surface area contributed by atoms with E-state index in [2.05, 4.69) is 4.90 Å². The summed E-state index contributed by atoms with van der Waals surface area (Å²) in [7, 11) is 0. The number of carbonyl (C=O) groups excluding carboxylic acids is 2. The van der Waals surface area contributed by atoms with E-state index in [0.29, 0.717) is 12.1 Å². The van der Waals surface area contributed by atoms with E-state index >= 15 is 0 Å². The van der Waals surface area contributed by atoms with Gasteiger partial charge in [0.1, 0.15) is 0 Å². The molecule has 2 aromatic carbocycles. The number of nitrogens with zero attached hydrogens (tertiary/aromatic N) is 2. The maximum absolute atomic E-state index is 13.2. The molecule has 5 nitrogen and oxygen atoms in total. The summed E-state index contributed by atoms with van der Waals surface area (Å²) in [6.45, 7) is 0.931. The van der Waals surface area contributed by atoms with Crippen molar-refractivity contribution in [3.8, 4) is 0 Å². The molecule has 0 unspecified atom stereocenters. The highest BCUT2D eigenvalue weighted by molar-refractivity contribution is 6.25. The molecule has 0 aromatic heterocycles. The van der Waals surface area contributed by atoms with Crippen LogP contribution in [0.4, 0.5) is 5.69 Å². The zero-order chi connectivity index (χ0) is 18.1. The number of benzene rings is 2. The van der Waals surface area contributed by atoms with E-state index in [4.69, 9.17) is 0 Å². The molecule has 2 fully saturated rings. The summed E-state index contributed by atoms with van der Waals surface area (Å²) >= 11 is 0. The highest BCUT2D eigenvalue weighted by Crippen LogP contribution is 2.34. The van der Waals surface area contributed by atoms with Gasteiger partial charge in [-0.1, -0.05) is 42.8 Å². The topological polar surface area (TPSA) is 60.9 Å². The largest absolute Gasteiger partial charge is 0.396 e. The van der Waals surface area contributed by atoms with Crippen LogP contribution in [0.1, 0.15) is 32.1 Å². The van der Waals surface area contributed by atoms with E-state index in [1.165, 1.54) is 4.90 Å². The molecular formula is C21H24N2O3. The van der Waals surface area contributed by atoms with Crippen LogP contribution < -0.4 is 4.90 Å². The molecule has 5 heteroatoms. The van der Waals surface area contributed by atoms with Crippen LogP contribution in [0.25, 0.3) is 10.8 Å². The minimum atomic E-state index is -0.404. The Labute approximate surface area is 153 Å². The summed E-state index contributed by atoms with van der Waals surface area (Å²) in [5, 5.41) is 11.3. The van der Waals surface area contributed by atoms with Gasteiger partial charge in [0, 0.05) is 18.0 Å². The number of piperidine rings is 1. The molecule has 136 valence electrons. The summed E-state index contributed by atoms with van der Waals surface area (Å²) in [4.78, 5) is 29.5. The van der Waals surface area contributed by atoms with E-state index in [1.807, 2.05) is 42.5 Å². The SMILES string of the molecule is O=C1C[C@H](N2CCCC[C@H]2CCO)C(=O)N1c1cccc2ccccc12. The lowest BCUT2D eigenvalue weighted by atomic mass is 9.97. The van der Waals surface area contributed by atoms with Gasteiger partial charge in [-0.25, -0.2) is 4.90 Å². The van der Waals surface area contributed by atoms with E-state index in [-0.39, 0.29) is 30.9 Å². The fourth-order valence-electron chi connectivity index (χ4n) is 4.42. The molecule has 0 bridgehead atoms. The minimum Gasteiger partial charge on any atom is -0.396 e. The Morgan fingerprint density at radius 3 is 2.69 bits per heavy atom. The second-order valence-corrected chi connectivity index (χ2v) is 7.19. The molecular weight excluding hydrogens is 328 g/mol. The maximum Gasteiger partial charge on any atom is 0.251 e. The van der Waals surface area contributed by atoms with Crippen LogP contribution in [0.2, 0.25) is 0 Å². The molecule has 0 saturated carbocycles. The number of fused-ring (bicyclic) bond motifs is 1. The van der Waals surface area contributed by atoms with Crippen LogP contribution in [0.5, 0.6) is 0 Å². The summed E-state index contributed by atoms with van der Waals surface area (Å²) in [5.41, 5.74) is 0.677. The number of amides is 2. The lowest BCUT2D eigenvalue weighted by Gasteiger charge is -2.38. The molecule has 2 atom stereocenters. The van der Waals surface area contributed by atoms with E-state index in [0.717, 1.165) is 36.6 Å². The average molecular weight is 352 g/mol. The normalized spacial score (nSPS) is 24.6. The molecule has 1 N–H and O–H groups in total. The highest BCUT2D eigenvalue weighted by Gasteiger charge is 2.45. The van der Waals surface area contributed by atoms with Crippen molar-refractivity contribution in [1.29, 1.82) is 0 Å². The molecule has 2 aromatic rings. The number of aliphatic hydroxyl groups is 1. The van der Waals surface area contributed by atoms with Gasteiger partial charge in [0.15, 0.2) is 0 Å². The van der Waals surface area contributed by atoms with Crippen molar-refractivity contribution in [2.75, 3.05) is 18.1 Å². The van der Waals surface area contributed by atoms with Gasteiger partial charge in [0.05, 0.1) is 18.2 Å². The predicted molar refractivity (Wildman–Crippen MR) is 101 cm³/mol. The first-order chi connectivity index (χ1) is 12.7. The molecule has 2 heterocycles. The Hall–Kier alpha value is -2.24. The van der Waals surface area contributed by atoms with Gasteiger partial charge >= 0.3 is 0 Å². The third kappa shape index (κ3) is 2.91. The van der Waals surface area contributed by atoms with Crippen molar-refractivity contribution in [3.05, 3.63) is 42.5 Å². The Kier molecular flexibility index (Phi) is 4.74. The number of imide groups is 1. The molecule has 26 heavy (non-hydrogen) atoms. The van der Waals surface area contributed by atoms with Gasteiger partial charge in [-0.05, 0) is 37.3 Å². The van der Waals surface area contributed by atoms with Crippen LogP contribution in [-0.4, -0.2) is 47.1 Å². The Morgan fingerprint density at radius 1 is 1.04 bits per heavy atom. The summed E-state index contributed by atoms with van der Waals surface area (Å²) < 4.78 is 0. The monoisotopic (exact) mass is 352 g/mol. The molecule has 0 spiro atoms. The van der Waals surface area contributed by atoms with E-state index in [1.54, 1.807) is 0 Å². The van der Waals surface area contributed by atoms with Crippen molar-refractivity contribution in [3.63, 3.8) is 0 Å². The third-order valence-electron chi connectivity index (χ3n) is 5.67. The second kappa shape index (κ2) is 7.17. The first kappa shape index (κ1) is 17.2. The first-order valence-corrected chi connectivity index (χ1v) is 9.42. The van der Waals surface area contributed by atoms with Crippen molar-refractivity contribution in [2.24, 2.45) is 0 Å². The van der Waals surface area contributed by atoms with Crippen molar-refractivity contribution in [1.82, 2.24) is 4.90 Å². The molecule has 2 amide bonds. The van der Waals surface area contributed by atoms with E-state index < -0.39 is 6.04 Å². The summed E-state index contributed by atoms with van der Waals surface area (Å²) in [5.74, 6) is -0.263. The maximum atomic E-state index is 13.2. The van der Waals surface area contributed by atoms with Crippen molar-refractivity contribution < 1.29 is 14.7 Å². The van der Waals surface area contributed by atoms with Crippen LogP contribution in [0, 0.1) is 0 Å². The fourth-order valence-corrected chi connectivity index (χ4v) is 4.42. The Balaban J connectivity index is 1.67. The lowest BCUT2D eigenvalue weighted by molar-refractivity contribution is -0.123. The third-order valence-corrected chi connectivity index (χ3v) is 5.67. The lowest BCUT2D eigenvalue weighted by Crippen LogP contribution is -2.50. The van der Waals surface area contributed by atoms with Gasteiger partial charge in [-0.3, -0.25) is 14.5 Å². The molecule has 0 radical (unpaired) electrons. The zero-order valence-corrected chi connectivity index (χ0v) is 14.8. The molecule has 2 aliphatic rings. The van der Waals surface area contributed by atoms with Gasteiger partial charge in [0.2, 0.25) is 5.91 Å². The molecule has 4 rings (SSSR count). The average Bonchev–Trinajstić information content (AvgIpc) is 2.96. The first-order valence-electron chi connectivity index (χ1n) is 9.42. The number of rotatable bonds is 4. The molecule has 0 aliphatic carbocycles. The van der Waals surface area contributed by atoms with Crippen molar-refractivity contribution in [2.45, 2.75) is 44.2 Å². The van der Waals surface area contributed by atoms with Crippen LogP contribution in [0.3, 0.4) is 0 Å². The van der Waals surface area contributed by atoms with Gasteiger partial charge in [0.25, 0.3) is 5.91 Å². The van der Waals surface area contributed by atoms with Crippen molar-refractivity contribution >= 4 is 28.3 Å². The zero-order valence-electron chi connectivity index (χ0n) is 14.8.